The van der Waals surface area contributed by atoms with Crippen LogP contribution in [0.2, 0.25) is 0 Å². The van der Waals surface area contributed by atoms with Crippen molar-refractivity contribution in [2.45, 2.75) is 0 Å². The van der Waals surface area contributed by atoms with Gasteiger partial charge in [-0.2, -0.15) is 0 Å². The Morgan fingerprint density at radius 1 is 1.28 bits per heavy atom. The third-order valence-corrected chi connectivity index (χ3v) is 3.94. The summed E-state index contributed by atoms with van der Waals surface area (Å²) in [4.78, 5) is 1.12. The fourth-order valence-corrected chi connectivity index (χ4v) is 3.07. The zero-order chi connectivity index (χ0) is 13.0. The zero-order valence-corrected chi connectivity index (χ0v) is 11.9. The molecule has 1 aromatic carbocycles. The molecule has 1 heterocycles. The Morgan fingerprint density at radius 2 is 2.00 bits per heavy atom. The van der Waals surface area contributed by atoms with Crippen molar-refractivity contribution in [2.75, 3.05) is 13.4 Å². The molecule has 0 saturated carbocycles. The van der Waals surface area contributed by atoms with Crippen LogP contribution in [0.25, 0.3) is 5.57 Å². The van der Waals surface area contributed by atoms with Crippen molar-refractivity contribution < 1.29 is 8.95 Å². The predicted octanol–water partition coefficient (Wildman–Crippen LogP) is 3.52. The number of ether oxygens (including phenoxy) is 1. The van der Waals surface area contributed by atoms with Crippen molar-refractivity contribution in [3.05, 3.63) is 57.6 Å². The van der Waals surface area contributed by atoms with Gasteiger partial charge in [-0.3, -0.25) is 4.21 Å². The highest BCUT2D eigenvalue weighted by atomic mass is 32.2. The standard InChI is InChI=1S/C14H14O2S2/c1-16-12-7-5-11(6-8-12)13(10-18(2)15)14-4-3-9-17-14/h3-10H,1-2H3/b13-10-. The maximum absolute atomic E-state index is 11.5. The second-order valence-corrected chi connectivity index (χ2v) is 5.92. The van der Waals surface area contributed by atoms with Crippen LogP contribution in [0.15, 0.2) is 47.2 Å². The maximum Gasteiger partial charge on any atom is 0.118 e. The number of thiophene rings is 1. The molecule has 0 amide bonds. The summed E-state index contributed by atoms with van der Waals surface area (Å²) in [5, 5.41) is 3.80. The summed E-state index contributed by atoms with van der Waals surface area (Å²) in [7, 11) is 0.670. The molecule has 0 bridgehead atoms. The van der Waals surface area contributed by atoms with Crippen molar-refractivity contribution in [2.24, 2.45) is 0 Å². The SMILES string of the molecule is COc1ccc(/C(=C/S(C)=O)c2cccs2)cc1. The van der Waals surface area contributed by atoms with E-state index in [2.05, 4.69) is 0 Å². The topological polar surface area (TPSA) is 26.3 Å². The van der Waals surface area contributed by atoms with E-state index in [0.717, 1.165) is 21.8 Å². The highest BCUT2D eigenvalue weighted by Gasteiger charge is 2.07. The largest absolute Gasteiger partial charge is 0.497 e. The van der Waals surface area contributed by atoms with Crippen LogP contribution in [0.5, 0.6) is 5.75 Å². The monoisotopic (exact) mass is 278 g/mol. The average Bonchev–Trinajstić information content (AvgIpc) is 2.89. The fourth-order valence-electron chi connectivity index (χ4n) is 1.64. The Labute approximate surface area is 113 Å². The normalized spacial score (nSPS) is 13.3. The van der Waals surface area contributed by atoms with Crippen molar-refractivity contribution in [1.29, 1.82) is 0 Å². The molecule has 94 valence electrons. The smallest absolute Gasteiger partial charge is 0.118 e. The van der Waals surface area contributed by atoms with Crippen LogP contribution >= 0.6 is 11.3 Å². The van der Waals surface area contributed by atoms with E-state index >= 15 is 0 Å². The molecule has 0 radical (unpaired) electrons. The highest BCUT2D eigenvalue weighted by molar-refractivity contribution is 7.87. The minimum absolute atomic E-state index is 0.821. The molecular formula is C14H14O2S2. The van der Waals surface area contributed by atoms with Crippen molar-refractivity contribution >= 4 is 27.7 Å². The molecule has 2 nitrogen and oxygen atoms in total. The molecule has 0 aliphatic carbocycles. The molecule has 0 spiro atoms. The molecule has 1 unspecified atom stereocenters. The lowest BCUT2D eigenvalue weighted by molar-refractivity contribution is 0.415. The number of hydrogen-bond acceptors (Lipinski definition) is 3. The Morgan fingerprint density at radius 3 is 2.50 bits per heavy atom. The summed E-state index contributed by atoms with van der Waals surface area (Å²) in [5.41, 5.74) is 2.06. The first-order valence-electron chi connectivity index (χ1n) is 5.43. The van der Waals surface area contributed by atoms with Gasteiger partial charge in [0.05, 0.1) is 7.11 Å². The van der Waals surface area contributed by atoms with Crippen molar-refractivity contribution in [3.8, 4) is 5.75 Å². The highest BCUT2D eigenvalue weighted by Crippen LogP contribution is 2.28. The molecule has 4 heteroatoms. The lowest BCUT2D eigenvalue weighted by atomic mass is 10.1. The zero-order valence-electron chi connectivity index (χ0n) is 10.3. The second-order valence-electron chi connectivity index (χ2n) is 3.74. The van der Waals surface area contributed by atoms with E-state index in [-0.39, 0.29) is 0 Å². The Bertz CT molecular complexity index is 554. The van der Waals surface area contributed by atoms with Crippen LogP contribution in [0.1, 0.15) is 10.4 Å². The number of methoxy groups -OCH3 is 1. The molecule has 0 fully saturated rings. The molecule has 0 aliphatic heterocycles. The molecule has 1 atom stereocenters. The van der Waals surface area contributed by atoms with Gasteiger partial charge in [-0.05, 0) is 29.1 Å². The molecule has 18 heavy (non-hydrogen) atoms. The van der Waals surface area contributed by atoms with Gasteiger partial charge in [0, 0.05) is 32.9 Å². The third kappa shape index (κ3) is 3.09. The van der Waals surface area contributed by atoms with Crippen LogP contribution in [0.3, 0.4) is 0 Å². The minimum atomic E-state index is -0.975. The van der Waals surface area contributed by atoms with Crippen molar-refractivity contribution in [1.82, 2.24) is 0 Å². The summed E-state index contributed by atoms with van der Waals surface area (Å²) < 4.78 is 16.6. The van der Waals surface area contributed by atoms with Crippen LogP contribution in [0, 0.1) is 0 Å². The Balaban J connectivity index is 2.43. The van der Waals surface area contributed by atoms with Gasteiger partial charge >= 0.3 is 0 Å². The first-order chi connectivity index (χ1) is 8.70. The molecule has 1 aromatic heterocycles. The van der Waals surface area contributed by atoms with E-state index < -0.39 is 10.8 Å². The molecule has 0 N–H and O–H groups in total. The van der Waals surface area contributed by atoms with Gasteiger partial charge in [0.25, 0.3) is 0 Å². The summed E-state index contributed by atoms with van der Waals surface area (Å²) in [6, 6.07) is 11.8. The summed E-state index contributed by atoms with van der Waals surface area (Å²) in [6.45, 7) is 0. The molecular weight excluding hydrogens is 264 g/mol. The quantitative estimate of drug-likeness (QED) is 0.855. The molecule has 0 aliphatic rings. The van der Waals surface area contributed by atoms with E-state index in [9.17, 15) is 4.21 Å². The lowest BCUT2D eigenvalue weighted by Gasteiger charge is -2.06. The number of benzene rings is 1. The van der Waals surface area contributed by atoms with Crippen LogP contribution in [-0.4, -0.2) is 17.6 Å². The fraction of sp³-hybridized carbons (Fsp3) is 0.143. The van der Waals surface area contributed by atoms with Crippen LogP contribution in [0.4, 0.5) is 0 Å². The Hall–Kier alpha value is -1.39. The lowest BCUT2D eigenvalue weighted by Crippen LogP contribution is -1.89. The molecule has 2 rings (SSSR count). The van der Waals surface area contributed by atoms with E-state index in [0.29, 0.717) is 0 Å². The first kappa shape index (κ1) is 13.1. The van der Waals surface area contributed by atoms with Crippen LogP contribution < -0.4 is 4.74 Å². The van der Waals surface area contributed by atoms with E-state index in [1.165, 1.54) is 0 Å². The maximum atomic E-state index is 11.5. The predicted molar refractivity (Wildman–Crippen MR) is 78.5 cm³/mol. The summed E-state index contributed by atoms with van der Waals surface area (Å²) >= 11 is 1.64. The van der Waals surface area contributed by atoms with Gasteiger partial charge in [-0.25, -0.2) is 0 Å². The van der Waals surface area contributed by atoms with Gasteiger partial charge in [-0.15, -0.1) is 11.3 Å². The van der Waals surface area contributed by atoms with E-state index in [4.69, 9.17) is 4.74 Å². The Kier molecular flexibility index (Phi) is 4.33. The molecule has 2 aromatic rings. The molecule has 0 saturated heterocycles. The number of hydrogen-bond donors (Lipinski definition) is 0. The van der Waals surface area contributed by atoms with Gasteiger partial charge in [0.15, 0.2) is 0 Å². The van der Waals surface area contributed by atoms with Crippen LogP contribution in [-0.2, 0) is 10.8 Å². The average molecular weight is 278 g/mol. The third-order valence-electron chi connectivity index (χ3n) is 2.47. The van der Waals surface area contributed by atoms with Gasteiger partial charge in [0.1, 0.15) is 5.75 Å². The summed E-state index contributed by atoms with van der Waals surface area (Å²) in [5.74, 6) is 0.821. The van der Waals surface area contributed by atoms with E-state index in [1.807, 2.05) is 41.8 Å². The number of rotatable bonds is 4. The summed E-state index contributed by atoms with van der Waals surface area (Å²) in [6.07, 6.45) is 1.68. The minimum Gasteiger partial charge on any atom is -0.497 e. The van der Waals surface area contributed by atoms with E-state index in [1.54, 1.807) is 30.1 Å². The second kappa shape index (κ2) is 5.98. The van der Waals surface area contributed by atoms with Gasteiger partial charge < -0.3 is 4.74 Å². The van der Waals surface area contributed by atoms with Gasteiger partial charge in [-0.1, -0.05) is 18.2 Å². The van der Waals surface area contributed by atoms with Crippen molar-refractivity contribution in [3.63, 3.8) is 0 Å². The van der Waals surface area contributed by atoms with Gasteiger partial charge in [0.2, 0.25) is 0 Å². The first-order valence-corrected chi connectivity index (χ1v) is 7.93.